The summed E-state index contributed by atoms with van der Waals surface area (Å²) in [5.74, 6) is -0.168. The van der Waals surface area contributed by atoms with Gasteiger partial charge in [0, 0.05) is 18.6 Å². The Morgan fingerprint density at radius 1 is 1.55 bits per heavy atom. The molecule has 3 N–H and O–H groups in total. The van der Waals surface area contributed by atoms with Crippen LogP contribution in [0.5, 0.6) is 0 Å². The first-order valence-corrected chi connectivity index (χ1v) is 7.65. The molecule has 0 aliphatic rings. The Bertz CT molecular complexity index is 772. The van der Waals surface area contributed by atoms with Crippen LogP contribution in [0.1, 0.15) is 20.4 Å². The maximum atomic E-state index is 12.2. The first kappa shape index (κ1) is 13.1. The number of thiophene rings is 1. The summed E-state index contributed by atoms with van der Waals surface area (Å²) >= 11 is 2.87. The van der Waals surface area contributed by atoms with Crippen LogP contribution in [0.2, 0.25) is 0 Å². The lowest BCUT2D eigenvalue weighted by molar-refractivity contribution is 0.0956. The number of rotatable bonds is 3. The van der Waals surface area contributed by atoms with Crippen LogP contribution >= 0.6 is 22.7 Å². The predicted molar refractivity (Wildman–Crippen MR) is 81.0 cm³/mol. The maximum Gasteiger partial charge on any atom is 0.263 e. The predicted octanol–water partition coefficient (Wildman–Crippen LogP) is 1.91. The molecule has 1 amide bonds. The topological polar surface area (TPSA) is 85.8 Å². The molecule has 0 saturated carbocycles. The first-order chi connectivity index (χ1) is 9.58. The number of carbonyl (C=O) groups is 1. The Morgan fingerprint density at radius 2 is 2.35 bits per heavy atom. The normalized spacial score (nSPS) is 11.1. The van der Waals surface area contributed by atoms with Gasteiger partial charge in [-0.2, -0.15) is 5.10 Å². The summed E-state index contributed by atoms with van der Waals surface area (Å²) in [6.07, 6.45) is 1.72. The van der Waals surface area contributed by atoms with E-state index in [1.807, 2.05) is 19.4 Å². The van der Waals surface area contributed by atoms with Gasteiger partial charge in [0.25, 0.3) is 5.91 Å². The number of nitrogens with zero attached hydrogens (tertiary/aromatic N) is 3. The van der Waals surface area contributed by atoms with Crippen LogP contribution in [-0.2, 0) is 13.6 Å². The summed E-state index contributed by atoms with van der Waals surface area (Å²) in [5, 5.41) is 10.8. The van der Waals surface area contributed by atoms with Gasteiger partial charge in [0.2, 0.25) is 0 Å². The van der Waals surface area contributed by atoms with Crippen molar-refractivity contribution in [2.75, 3.05) is 5.73 Å². The number of nitrogens with one attached hydrogen (secondary N) is 1. The van der Waals surface area contributed by atoms with Crippen LogP contribution in [-0.4, -0.2) is 20.7 Å². The molecule has 0 atom stereocenters. The molecule has 3 rings (SSSR count). The average Bonchev–Trinajstić information content (AvgIpc) is 3.08. The van der Waals surface area contributed by atoms with Crippen LogP contribution in [0.3, 0.4) is 0 Å². The van der Waals surface area contributed by atoms with E-state index in [1.54, 1.807) is 10.9 Å². The highest BCUT2D eigenvalue weighted by Gasteiger charge is 2.20. The molecule has 0 unspecified atom stereocenters. The standard InChI is InChI=1S/C12H13N5OS2/c1-6-8-9(13)10(20-12(8)17(2)16-6)11(18)15-5-7-14-3-4-19-7/h3-4H,5,13H2,1-2H3,(H,15,18). The zero-order valence-electron chi connectivity index (χ0n) is 11.0. The molecule has 20 heavy (non-hydrogen) atoms. The summed E-state index contributed by atoms with van der Waals surface area (Å²) in [6, 6.07) is 0. The highest BCUT2D eigenvalue weighted by Crippen LogP contribution is 2.35. The van der Waals surface area contributed by atoms with Crippen molar-refractivity contribution in [2.45, 2.75) is 13.5 Å². The number of fused-ring (bicyclic) bond motifs is 1. The molecule has 3 aromatic rings. The molecule has 3 aromatic heterocycles. The molecule has 0 spiro atoms. The molecule has 8 heteroatoms. The lowest BCUT2D eigenvalue weighted by Crippen LogP contribution is -2.22. The smallest absolute Gasteiger partial charge is 0.263 e. The summed E-state index contributed by atoms with van der Waals surface area (Å²) in [7, 11) is 1.85. The van der Waals surface area contributed by atoms with Gasteiger partial charge in [-0.25, -0.2) is 4.98 Å². The van der Waals surface area contributed by atoms with Crippen LogP contribution in [0.25, 0.3) is 10.2 Å². The molecular formula is C12H13N5OS2. The van der Waals surface area contributed by atoms with Crippen molar-refractivity contribution in [1.29, 1.82) is 0 Å². The third-order valence-electron chi connectivity index (χ3n) is 2.97. The van der Waals surface area contributed by atoms with Crippen LogP contribution in [0.4, 0.5) is 5.69 Å². The second kappa shape index (κ2) is 4.88. The molecule has 0 radical (unpaired) electrons. The van der Waals surface area contributed by atoms with E-state index >= 15 is 0 Å². The quantitative estimate of drug-likeness (QED) is 0.774. The minimum absolute atomic E-state index is 0.168. The molecule has 6 nitrogen and oxygen atoms in total. The molecule has 0 aromatic carbocycles. The van der Waals surface area contributed by atoms with Gasteiger partial charge in [0.05, 0.1) is 23.3 Å². The average molecular weight is 307 g/mol. The Morgan fingerprint density at radius 3 is 3.00 bits per heavy atom. The number of nitrogen functional groups attached to an aromatic ring is 1. The van der Waals surface area contributed by atoms with Gasteiger partial charge < -0.3 is 11.1 Å². The van der Waals surface area contributed by atoms with E-state index in [9.17, 15) is 4.79 Å². The van der Waals surface area contributed by atoms with E-state index in [0.29, 0.717) is 17.1 Å². The van der Waals surface area contributed by atoms with Gasteiger partial charge in [-0.05, 0) is 6.92 Å². The number of aromatic nitrogens is 3. The number of amides is 1. The minimum Gasteiger partial charge on any atom is -0.397 e. The lowest BCUT2D eigenvalue weighted by Gasteiger charge is -2.02. The van der Waals surface area contributed by atoms with Crippen LogP contribution in [0, 0.1) is 6.92 Å². The van der Waals surface area contributed by atoms with E-state index in [0.717, 1.165) is 20.9 Å². The molecular weight excluding hydrogens is 294 g/mol. The molecule has 0 fully saturated rings. The van der Waals surface area contributed by atoms with Gasteiger partial charge in [-0.1, -0.05) is 0 Å². The highest BCUT2D eigenvalue weighted by molar-refractivity contribution is 7.21. The largest absolute Gasteiger partial charge is 0.397 e. The Balaban J connectivity index is 1.88. The molecule has 0 aliphatic heterocycles. The summed E-state index contributed by atoms with van der Waals surface area (Å²) in [5.41, 5.74) is 7.44. The fraction of sp³-hybridized carbons (Fsp3) is 0.250. The maximum absolute atomic E-state index is 12.2. The third-order valence-corrected chi connectivity index (χ3v) is 5.02. The van der Waals surface area contributed by atoms with Crippen molar-refractivity contribution < 1.29 is 4.79 Å². The first-order valence-electron chi connectivity index (χ1n) is 5.96. The fourth-order valence-electron chi connectivity index (χ4n) is 2.07. The number of hydrogen-bond acceptors (Lipinski definition) is 6. The SMILES string of the molecule is Cc1nn(C)c2sc(C(=O)NCc3nccs3)c(N)c12. The van der Waals surface area contributed by atoms with Crippen molar-refractivity contribution in [3.8, 4) is 0 Å². The fourth-order valence-corrected chi connectivity index (χ4v) is 3.73. The number of thiazole rings is 1. The van der Waals surface area contributed by atoms with Crippen LogP contribution in [0.15, 0.2) is 11.6 Å². The van der Waals surface area contributed by atoms with Crippen molar-refractivity contribution in [2.24, 2.45) is 7.05 Å². The van der Waals surface area contributed by atoms with Gasteiger partial charge in [0.1, 0.15) is 14.7 Å². The van der Waals surface area contributed by atoms with Crippen molar-refractivity contribution in [1.82, 2.24) is 20.1 Å². The Labute approximate surface area is 123 Å². The second-order valence-corrected chi connectivity index (χ2v) is 6.32. The minimum atomic E-state index is -0.168. The summed E-state index contributed by atoms with van der Waals surface area (Å²) in [6.45, 7) is 2.31. The zero-order valence-corrected chi connectivity index (χ0v) is 12.6. The number of nitrogens with two attached hydrogens (primary N) is 1. The third kappa shape index (κ3) is 2.06. The summed E-state index contributed by atoms with van der Waals surface area (Å²) in [4.78, 5) is 17.8. The molecule has 0 aliphatic carbocycles. The van der Waals surface area contributed by atoms with E-state index < -0.39 is 0 Å². The molecule has 0 bridgehead atoms. The molecule has 3 heterocycles. The number of aryl methyl sites for hydroxylation is 2. The van der Waals surface area contributed by atoms with E-state index in [4.69, 9.17) is 5.73 Å². The Hall–Kier alpha value is -1.93. The number of anilines is 1. The zero-order chi connectivity index (χ0) is 14.3. The van der Waals surface area contributed by atoms with E-state index in [-0.39, 0.29) is 5.91 Å². The Kier molecular flexibility index (Phi) is 3.19. The van der Waals surface area contributed by atoms with Crippen molar-refractivity contribution in [3.05, 3.63) is 27.2 Å². The highest BCUT2D eigenvalue weighted by atomic mass is 32.1. The van der Waals surface area contributed by atoms with E-state index in [1.165, 1.54) is 22.7 Å². The van der Waals surface area contributed by atoms with Gasteiger partial charge >= 0.3 is 0 Å². The second-order valence-electron chi connectivity index (χ2n) is 4.34. The summed E-state index contributed by atoms with van der Waals surface area (Å²) < 4.78 is 1.75. The van der Waals surface area contributed by atoms with Crippen molar-refractivity contribution in [3.63, 3.8) is 0 Å². The number of carbonyl (C=O) groups excluding carboxylic acids is 1. The van der Waals surface area contributed by atoms with Gasteiger partial charge in [0.15, 0.2) is 0 Å². The van der Waals surface area contributed by atoms with Gasteiger partial charge in [-0.3, -0.25) is 9.48 Å². The molecule has 104 valence electrons. The monoisotopic (exact) mass is 307 g/mol. The van der Waals surface area contributed by atoms with Crippen molar-refractivity contribution >= 4 is 44.5 Å². The van der Waals surface area contributed by atoms with Gasteiger partial charge in [-0.15, -0.1) is 22.7 Å². The lowest BCUT2D eigenvalue weighted by atomic mass is 10.2. The van der Waals surface area contributed by atoms with Crippen LogP contribution < -0.4 is 11.1 Å². The van der Waals surface area contributed by atoms with E-state index in [2.05, 4.69) is 15.4 Å². The molecule has 0 saturated heterocycles. The number of hydrogen-bond donors (Lipinski definition) is 2.